The van der Waals surface area contributed by atoms with Crippen molar-refractivity contribution in [1.29, 1.82) is 0 Å². The summed E-state index contributed by atoms with van der Waals surface area (Å²) in [5, 5.41) is 3.45. The number of anilines is 1. The van der Waals surface area contributed by atoms with Crippen molar-refractivity contribution >= 4 is 27.9 Å². The number of rotatable bonds is 2. The van der Waals surface area contributed by atoms with Crippen molar-refractivity contribution in [2.45, 2.75) is 34.6 Å². The molecule has 2 aromatic carbocycles. The molecule has 0 aliphatic carbocycles. The van der Waals surface area contributed by atoms with Gasteiger partial charge in [0, 0.05) is 24.7 Å². The van der Waals surface area contributed by atoms with Gasteiger partial charge in [0.1, 0.15) is 0 Å². The number of nitrogens with zero attached hydrogens (tertiary/aromatic N) is 1. The standard InChI is InChI=1S/C19H22N2O2S.ClH/c1-21-18-8-7-15(24(22,23)14-5-3-2-4-6-14)13-17(18)16-9-11-20-12-10-19(16)21;/h2-8,13,16,19-20H,9-12H2,1H3;1H. The monoisotopic (exact) mass is 378 g/mol. The average molecular weight is 379 g/mol. The zero-order chi connectivity index (χ0) is 16.7. The summed E-state index contributed by atoms with van der Waals surface area (Å²) in [5.41, 5.74) is 2.36. The minimum absolute atomic E-state index is 0. The molecule has 0 bridgehead atoms. The predicted octanol–water partition coefficient (Wildman–Crippen LogP) is 3.23. The maximum absolute atomic E-state index is 12.9. The van der Waals surface area contributed by atoms with Gasteiger partial charge >= 0.3 is 0 Å². The van der Waals surface area contributed by atoms with Gasteiger partial charge in [-0.05, 0) is 61.8 Å². The number of nitrogens with one attached hydrogen (secondary N) is 1. The van der Waals surface area contributed by atoms with E-state index in [4.69, 9.17) is 0 Å². The Morgan fingerprint density at radius 2 is 1.72 bits per heavy atom. The van der Waals surface area contributed by atoms with Crippen LogP contribution < -0.4 is 10.2 Å². The second kappa shape index (κ2) is 6.98. The third kappa shape index (κ3) is 3.05. The largest absolute Gasteiger partial charge is 0.371 e. The lowest BCUT2D eigenvalue weighted by Crippen LogP contribution is -2.30. The van der Waals surface area contributed by atoms with Gasteiger partial charge in [0.2, 0.25) is 9.84 Å². The lowest BCUT2D eigenvalue weighted by Gasteiger charge is -2.24. The Bertz CT molecular complexity index is 855. The van der Waals surface area contributed by atoms with Crippen molar-refractivity contribution in [2.24, 2.45) is 0 Å². The van der Waals surface area contributed by atoms with Gasteiger partial charge in [0.05, 0.1) is 9.79 Å². The van der Waals surface area contributed by atoms with E-state index in [2.05, 4.69) is 17.3 Å². The maximum Gasteiger partial charge on any atom is 0.206 e. The minimum Gasteiger partial charge on any atom is -0.371 e. The summed E-state index contributed by atoms with van der Waals surface area (Å²) >= 11 is 0. The number of fused-ring (bicyclic) bond motifs is 3. The lowest BCUT2D eigenvalue weighted by molar-refractivity contribution is 0.531. The molecule has 0 amide bonds. The molecule has 2 unspecified atom stereocenters. The van der Waals surface area contributed by atoms with Crippen molar-refractivity contribution in [3.63, 3.8) is 0 Å². The van der Waals surface area contributed by atoms with E-state index < -0.39 is 9.84 Å². The third-order valence-electron chi connectivity index (χ3n) is 5.35. The predicted molar refractivity (Wildman–Crippen MR) is 103 cm³/mol. The maximum atomic E-state index is 12.9. The zero-order valence-corrected chi connectivity index (χ0v) is 15.8. The molecule has 0 radical (unpaired) electrons. The van der Waals surface area contributed by atoms with Gasteiger partial charge in [0.25, 0.3) is 0 Å². The summed E-state index contributed by atoms with van der Waals surface area (Å²) in [7, 11) is -1.33. The van der Waals surface area contributed by atoms with Crippen LogP contribution >= 0.6 is 12.4 Å². The topological polar surface area (TPSA) is 49.4 Å². The zero-order valence-electron chi connectivity index (χ0n) is 14.2. The number of likely N-dealkylation sites (N-methyl/N-ethyl adjacent to an activating group) is 1. The van der Waals surface area contributed by atoms with Crippen LogP contribution in [-0.2, 0) is 9.84 Å². The molecule has 0 saturated carbocycles. The van der Waals surface area contributed by atoms with E-state index in [0.717, 1.165) is 25.9 Å². The summed E-state index contributed by atoms with van der Waals surface area (Å²) in [6.45, 7) is 2.01. The van der Waals surface area contributed by atoms with E-state index in [0.29, 0.717) is 21.8 Å². The third-order valence-corrected chi connectivity index (χ3v) is 7.12. The SMILES string of the molecule is CN1c2ccc(S(=O)(=O)c3ccccc3)cc2C2CCNCCC21.Cl. The van der Waals surface area contributed by atoms with Crippen molar-refractivity contribution in [2.75, 3.05) is 25.0 Å². The summed E-state index contributed by atoms with van der Waals surface area (Å²) in [6, 6.07) is 14.8. The summed E-state index contributed by atoms with van der Waals surface area (Å²) in [6.07, 6.45) is 2.15. The molecular formula is C19H23ClN2O2S. The first-order valence-corrected chi connectivity index (χ1v) is 9.95. The highest BCUT2D eigenvalue weighted by molar-refractivity contribution is 7.91. The molecule has 4 nitrogen and oxygen atoms in total. The Labute approximate surface area is 155 Å². The molecule has 4 rings (SSSR count). The van der Waals surface area contributed by atoms with Crippen LogP contribution in [0.2, 0.25) is 0 Å². The van der Waals surface area contributed by atoms with E-state index in [1.807, 2.05) is 18.2 Å². The molecule has 1 fully saturated rings. The number of halogens is 1. The average Bonchev–Trinajstić information content (AvgIpc) is 2.78. The Hall–Kier alpha value is -1.56. The molecule has 134 valence electrons. The van der Waals surface area contributed by atoms with E-state index in [1.165, 1.54) is 11.3 Å². The molecule has 2 aliphatic heterocycles. The fourth-order valence-electron chi connectivity index (χ4n) is 4.08. The van der Waals surface area contributed by atoms with Gasteiger partial charge in [0.15, 0.2) is 0 Å². The van der Waals surface area contributed by atoms with Crippen LogP contribution in [0, 0.1) is 0 Å². The van der Waals surface area contributed by atoms with Crippen LogP contribution in [0.1, 0.15) is 24.3 Å². The number of sulfone groups is 1. The first kappa shape index (κ1) is 18.2. The van der Waals surface area contributed by atoms with Crippen molar-refractivity contribution < 1.29 is 8.42 Å². The molecule has 1 N–H and O–H groups in total. The van der Waals surface area contributed by atoms with Gasteiger partial charge in [-0.2, -0.15) is 0 Å². The summed E-state index contributed by atoms with van der Waals surface area (Å²) in [4.78, 5) is 3.08. The van der Waals surface area contributed by atoms with E-state index >= 15 is 0 Å². The quantitative estimate of drug-likeness (QED) is 0.871. The molecule has 2 aliphatic rings. The van der Waals surface area contributed by atoms with E-state index in [9.17, 15) is 8.42 Å². The molecule has 6 heteroatoms. The van der Waals surface area contributed by atoms with E-state index in [1.54, 1.807) is 30.3 Å². The van der Waals surface area contributed by atoms with E-state index in [-0.39, 0.29) is 12.4 Å². The molecular weight excluding hydrogens is 356 g/mol. The molecule has 2 aromatic rings. The van der Waals surface area contributed by atoms with Crippen LogP contribution in [0.3, 0.4) is 0 Å². The second-order valence-electron chi connectivity index (χ2n) is 6.65. The highest BCUT2D eigenvalue weighted by atomic mass is 35.5. The lowest BCUT2D eigenvalue weighted by atomic mass is 9.91. The van der Waals surface area contributed by atoms with Gasteiger partial charge in [-0.15, -0.1) is 12.4 Å². The summed E-state index contributed by atoms with van der Waals surface area (Å²) < 4.78 is 25.8. The highest BCUT2D eigenvalue weighted by Crippen LogP contribution is 2.44. The van der Waals surface area contributed by atoms with Gasteiger partial charge in [-0.25, -0.2) is 8.42 Å². The second-order valence-corrected chi connectivity index (χ2v) is 8.60. The fraction of sp³-hybridized carbons (Fsp3) is 0.368. The fourth-order valence-corrected chi connectivity index (χ4v) is 5.40. The first-order chi connectivity index (χ1) is 11.6. The highest BCUT2D eigenvalue weighted by Gasteiger charge is 2.37. The van der Waals surface area contributed by atoms with Crippen LogP contribution in [-0.4, -0.2) is 34.6 Å². The molecule has 0 aromatic heterocycles. The summed E-state index contributed by atoms with van der Waals surface area (Å²) in [5.74, 6) is 0.408. The van der Waals surface area contributed by atoms with Crippen LogP contribution in [0.4, 0.5) is 5.69 Å². The van der Waals surface area contributed by atoms with Crippen LogP contribution in [0.5, 0.6) is 0 Å². The van der Waals surface area contributed by atoms with Gasteiger partial charge in [-0.3, -0.25) is 0 Å². The first-order valence-electron chi connectivity index (χ1n) is 8.46. The van der Waals surface area contributed by atoms with Crippen LogP contribution in [0.15, 0.2) is 58.3 Å². The Morgan fingerprint density at radius 3 is 2.48 bits per heavy atom. The Morgan fingerprint density at radius 1 is 1.00 bits per heavy atom. The molecule has 2 heterocycles. The van der Waals surface area contributed by atoms with Crippen LogP contribution in [0.25, 0.3) is 0 Å². The Kier molecular flexibility index (Phi) is 5.09. The normalized spacial score (nSPS) is 22.5. The molecule has 0 spiro atoms. The number of hydrogen-bond donors (Lipinski definition) is 1. The smallest absolute Gasteiger partial charge is 0.206 e. The van der Waals surface area contributed by atoms with Gasteiger partial charge in [-0.1, -0.05) is 18.2 Å². The van der Waals surface area contributed by atoms with Gasteiger partial charge < -0.3 is 10.2 Å². The molecule has 2 atom stereocenters. The minimum atomic E-state index is -3.46. The molecule has 25 heavy (non-hydrogen) atoms. The van der Waals surface area contributed by atoms with Crippen molar-refractivity contribution in [3.05, 3.63) is 54.1 Å². The number of hydrogen-bond acceptors (Lipinski definition) is 4. The number of benzene rings is 2. The molecule has 1 saturated heterocycles. The van der Waals surface area contributed by atoms with Crippen molar-refractivity contribution in [3.8, 4) is 0 Å². The Balaban J connectivity index is 0.00000182. The van der Waals surface area contributed by atoms with Crippen molar-refractivity contribution in [1.82, 2.24) is 5.32 Å².